The Kier molecular flexibility index (Phi) is 4.60. The fourth-order valence-electron chi connectivity index (χ4n) is 2.40. The van der Waals surface area contributed by atoms with Crippen LogP contribution in [0.25, 0.3) is 0 Å². The minimum Gasteiger partial charge on any atom is -0.494 e. The normalized spacial score (nSPS) is 17.9. The maximum atomic E-state index is 8.44. The summed E-state index contributed by atoms with van der Waals surface area (Å²) in [6.07, 6.45) is 5.82. The molecular formula is C15H20N2O. The molecule has 0 unspecified atom stereocenters. The number of hydrogen-bond donors (Lipinski definition) is 1. The highest BCUT2D eigenvalue weighted by Crippen LogP contribution is 2.30. The molecule has 0 saturated heterocycles. The van der Waals surface area contributed by atoms with Crippen LogP contribution >= 0.6 is 0 Å². The molecule has 0 bridgehead atoms. The van der Waals surface area contributed by atoms with E-state index in [1.54, 1.807) is 0 Å². The van der Waals surface area contributed by atoms with E-state index in [2.05, 4.69) is 18.2 Å². The summed E-state index contributed by atoms with van der Waals surface area (Å²) in [5.74, 6) is 0.906. The Bertz CT molecular complexity index is 437. The third-order valence-electron chi connectivity index (χ3n) is 3.43. The molecule has 0 aliphatic heterocycles. The smallest absolute Gasteiger partial charge is 0.119 e. The summed E-state index contributed by atoms with van der Waals surface area (Å²) < 4.78 is 5.70. The first-order chi connectivity index (χ1) is 8.81. The number of ether oxygens (including phenoxy) is 1. The third kappa shape index (κ3) is 3.24. The molecule has 0 amide bonds. The molecule has 0 fully saturated rings. The molecule has 1 aromatic carbocycles. The number of nitrogens with two attached hydrogens (primary N) is 1. The highest BCUT2D eigenvalue weighted by Gasteiger charge is 2.17. The van der Waals surface area contributed by atoms with Crippen molar-refractivity contribution in [2.24, 2.45) is 5.73 Å². The second kappa shape index (κ2) is 6.42. The van der Waals surface area contributed by atoms with Gasteiger partial charge in [0.25, 0.3) is 0 Å². The fraction of sp³-hybridized carbons (Fsp3) is 0.533. The van der Waals surface area contributed by atoms with Gasteiger partial charge in [-0.3, -0.25) is 0 Å². The molecule has 1 aromatic rings. The Labute approximate surface area is 109 Å². The van der Waals surface area contributed by atoms with Crippen LogP contribution in [0, 0.1) is 11.3 Å². The quantitative estimate of drug-likeness (QED) is 0.810. The number of fused-ring (bicyclic) bond motifs is 1. The molecule has 18 heavy (non-hydrogen) atoms. The summed E-state index contributed by atoms with van der Waals surface area (Å²) in [4.78, 5) is 0. The molecule has 0 saturated carbocycles. The van der Waals surface area contributed by atoms with Gasteiger partial charge in [-0.1, -0.05) is 6.07 Å². The zero-order valence-corrected chi connectivity index (χ0v) is 10.7. The topological polar surface area (TPSA) is 59.0 Å². The number of nitriles is 1. The number of unbranched alkanes of at least 4 members (excludes halogenated alkanes) is 2. The van der Waals surface area contributed by atoms with Crippen molar-refractivity contribution in [2.75, 3.05) is 6.61 Å². The maximum Gasteiger partial charge on any atom is 0.119 e. The van der Waals surface area contributed by atoms with Gasteiger partial charge < -0.3 is 10.5 Å². The lowest BCUT2D eigenvalue weighted by Crippen LogP contribution is -2.17. The second-order valence-corrected chi connectivity index (χ2v) is 4.82. The van der Waals surface area contributed by atoms with E-state index in [0.29, 0.717) is 13.0 Å². The predicted molar refractivity (Wildman–Crippen MR) is 71.3 cm³/mol. The van der Waals surface area contributed by atoms with Crippen molar-refractivity contribution in [3.63, 3.8) is 0 Å². The molecule has 1 aliphatic rings. The molecule has 0 spiro atoms. The number of rotatable bonds is 5. The van der Waals surface area contributed by atoms with Gasteiger partial charge >= 0.3 is 0 Å². The first-order valence-electron chi connectivity index (χ1n) is 6.69. The first kappa shape index (κ1) is 12.9. The van der Waals surface area contributed by atoms with Crippen LogP contribution in [0.3, 0.4) is 0 Å². The van der Waals surface area contributed by atoms with Crippen LogP contribution in [0.1, 0.15) is 49.3 Å². The Balaban J connectivity index is 1.90. The van der Waals surface area contributed by atoms with Crippen molar-refractivity contribution in [3.05, 3.63) is 29.3 Å². The van der Waals surface area contributed by atoms with Gasteiger partial charge in [0.2, 0.25) is 0 Å². The highest BCUT2D eigenvalue weighted by molar-refractivity contribution is 5.39. The molecule has 0 radical (unpaired) electrons. The second-order valence-electron chi connectivity index (χ2n) is 4.82. The molecule has 96 valence electrons. The lowest BCUT2D eigenvalue weighted by atomic mass is 9.88. The number of aryl methyl sites for hydroxylation is 1. The van der Waals surface area contributed by atoms with Crippen LogP contribution in [0.4, 0.5) is 0 Å². The largest absolute Gasteiger partial charge is 0.494 e. The number of hydrogen-bond acceptors (Lipinski definition) is 3. The van der Waals surface area contributed by atoms with E-state index in [1.165, 1.54) is 17.5 Å². The van der Waals surface area contributed by atoms with Gasteiger partial charge in [-0.05, 0) is 55.4 Å². The Morgan fingerprint density at radius 2 is 2.28 bits per heavy atom. The molecule has 1 atom stereocenters. The van der Waals surface area contributed by atoms with Crippen molar-refractivity contribution in [1.29, 1.82) is 5.26 Å². The summed E-state index contributed by atoms with van der Waals surface area (Å²) in [5.41, 5.74) is 8.73. The third-order valence-corrected chi connectivity index (χ3v) is 3.43. The average molecular weight is 244 g/mol. The SMILES string of the molecule is N#CCCCCOc1ccc2c(c1)[C@@H](N)CCC2. The summed E-state index contributed by atoms with van der Waals surface area (Å²) >= 11 is 0. The summed E-state index contributed by atoms with van der Waals surface area (Å²) in [6, 6.07) is 8.56. The standard InChI is InChI=1S/C15H20N2O/c16-9-2-1-3-10-18-13-8-7-12-5-4-6-15(17)14(12)11-13/h7-8,11,15H,1-6,10,17H2/t15-/m0/s1. The van der Waals surface area contributed by atoms with Gasteiger partial charge in [0.15, 0.2) is 0 Å². The number of benzene rings is 1. The van der Waals surface area contributed by atoms with E-state index in [0.717, 1.165) is 31.4 Å². The van der Waals surface area contributed by atoms with Gasteiger partial charge in [0, 0.05) is 12.5 Å². The maximum absolute atomic E-state index is 8.44. The Morgan fingerprint density at radius 3 is 3.11 bits per heavy atom. The van der Waals surface area contributed by atoms with Gasteiger partial charge in [-0.15, -0.1) is 0 Å². The summed E-state index contributed by atoms with van der Waals surface area (Å²) in [5, 5.41) is 8.44. The van der Waals surface area contributed by atoms with E-state index >= 15 is 0 Å². The van der Waals surface area contributed by atoms with Crippen LogP contribution in [0.5, 0.6) is 5.75 Å². The van der Waals surface area contributed by atoms with Gasteiger partial charge in [-0.2, -0.15) is 5.26 Å². The molecule has 0 heterocycles. The monoisotopic (exact) mass is 244 g/mol. The lowest BCUT2D eigenvalue weighted by Gasteiger charge is -2.22. The van der Waals surface area contributed by atoms with Crippen LogP contribution in [-0.4, -0.2) is 6.61 Å². The van der Waals surface area contributed by atoms with Crippen molar-refractivity contribution in [1.82, 2.24) is 0 Å². The van der Waals surface area contributed by atoms with E-state index in [-0.39, 0.29) is 6.04 Å². The summed E-state index contributed by atoms with van der Waals surface area (Å²) in [6.45, 7) is 0.676. The van der Waals surface area contributed by atoms with Crippen LogP contribution in [0.15, 0.2) is 18.2 Å². The zero-order valence-electron chi connectivity index (χ0n) is 10.7. The highest BCUT2D eigenvalue weighted by atomic mass is 16.5. The molecule has 3 nitrogen and oxygen atoms in total. The minimum atomic E-state index is 0.163. The number of nitrogens with zero attached hydrogens (tertiary/aromatic N) is 1. The van der Waals surface area contributed by atoms with Crippen LogP contribution in [-0.2, 0) is 6.42 Å². The van der Waals surface area contributed by atoms with E-state index in [1.807, 2.05) is 6.07 Å². The lowest BCUT2D eigenvalue weighted by molar-refractivity contribution is 0.306. The van der Waals surface area contributed by atoms with Gasteiger partial charge in [-0.25, -0.2) is 0 Å². The van der Waals surface area contributed by atoms with Crippen LogP contribution < -0.4 is 10.5 Å². The van der Waals surface area contributed by atoms with E-state index < -0.39 is 0 Å². The first-order valence-corrected chi connectivity index (χ1v) is 6.69. The Morgan fingerprint density at radius 1 is 1.39 bits per heavy atom. The van der Waals surface area contributed by atoms with Gasteiger partial charge in [0.05, 0.1) is 12.7 Å². The average Bonchev–Trinajstić information content (AvgIpc) is 2.39. The van der Waals surface area contributed by atoms with Crippen molar-refractivity contribution < 1.29 is 4.74 Å². The molecular weight excluding hydrogens is 224 g/mol. The van der Waals surface area contributed by atoms with E-state index in [9.17, 15) is 0 Å². The summed E-state index contributed by atoms with van der Waals surface area (Å²) in [7, 11) is 0. The Hall–Kier alpha value is -1.53. The predicted octanol–water partition coefficient (Wildman–Crippen LogP) is 3.10. The molecule has 0 aromatic heterocycles. The van der Waals surface area contributed by atoms with Crippen molar-refractivity contribution in [3.8, 4) is 11.8 Å². The molecule has 3 heteroatoms. The van der Waals surface area contributed by atoms with E-state index in [4.69, 9.17) is 15.7 Å². The minimum absolute atomic E-state index is 0.163. The van der Waals surface area contributed by atoms with Crippen LogP contribution in [0.2, 0.25) is 0 Å². The van der Waals surface area contributed by atoms with Gasteiger partial charge in [0.1, 0.15) is 5.75 Å². The molecule has 2 rings (SSSR count). The zero-order chi connectivity index (χ0) is 12.8. The molecule has 1 aliphatic carbocycles. The molecule has 2 N–H and O–H groups in total. The van der Waals surface area contributed by atoms with Crippen molar-refractivity contribution >= 4 is 0 Å². The van der Waals surface area contributed by atoms with Crippen molar-refractivity contribution in [2.45, 2.75) is 44.6 Å². The fourth-order valence-corrected chi connectivity index (χ4v) is 2.40.